The van der Waals surface area contributed by atoms with E-state index < -0.39 is 26.4 Å². The van der Waals surface area contributed by atoms with Gasteiger partial charge in [-0.3, -0.25) is 9.36 Å². The van der Waals surface area contributed by atoms with E-state index in [0.717, 1.165) is 17.5 Å². The molecule has 0 bridgehead atoms. The summed E-state index contributed by atoms with van der Waals surface area (Å²) in [6.07, 6.45) is 1.71. The molecule has 1 aliphatic heterocycles. The molecule has 2 aromatic heterocycles. The van der Waals surface area contributed by atoms with Crippen LogP contribution in [0, 0.1) is 20.8 Å². The SMILES string of the molecule is Cc1nc(N2CCN(C(=O)c3ccccc3S(=O)(=O)C(F)F)CC2)cc(-n2cnc(C)c2C)n1. The smallest absolute Gasteiger partial charge is 0.341 e. The van der Waals surface area contributed by atoms with Crippen molar-refractivity contribution in [3.8, 4) is 5.82 Å². The molecule has 0 atom stereocenters. The van der Waals surface area contributed by atoms with Crippen LogP contribution < -0.4 is 4.90 Å². The van der Waals surface area contributed by atoms with Crippen LogP contribution in [-0.4, -0.2) is 70.7 Å². The predicted molar refractivity (Wildman–Crippen MR) is 121 cm³/mol. The van der Waals surface area contributed by atoms with Gasteiger partial charge in [0.25, 0.3) is 5.91 Å². The Labute approximate surface area is 196 Å². The molecule has 9 nitrogen and oxygen atoms in total. The monoisotopic (exact) mass is 490 g/mol. The molecule has 12 heteroatoms. The minimum atomic E-state index is -4.90. The fourth-order valence-corrected chi connectivity index (χ4v) is 4.77. The van der Waals surface area contributed by atoms with Crippen LogP contribution in [0.5, 0.6) is 0 Å². The quantitative estimate of drug-likeness (QED) is 0.542. The van der Waals surface area contributed by atoms with E-state index >= 15 is 0 Å². The van der Waals surface area contributed by atoms with Gasteiger partial charge in [0.1, 0.15) is 23.8 Å². The Kier molecular flexibility index (Phi) is 6.34. The zero-order valence-electron chi connectivity index (χ0n) is 18.9. The Hall–Kier alpha value is -3.41. The van der Waals surface area contributed by atoms with Crippen LogP contribution in [-0.2, 0) is 9.84 Å². The Morgan fingerprint density at radius 3 is 2.26 bits per heavy atom. The molecule has 1 fully saturated rings. The molecule has 3 heterocycles. The van der Waals surface area contributed by atoms with Crippen LogP contribution in [0.4, 0.5) is 14.6 Å². The van der Waals surface area contributed by atoms with Crippen molar-refractivity contribution < 1.29 is 22.0 Å². The molecule has 0 unspecified atom stereocenters. The van der Waals surface area contributed by atoms with Gasteiger partial charge in [0.2, 0.25) is 9.84 Å². The summed E-state index contributed by atoms with van der Waals surface area (Å²) in [5.74, 6) is -2.23. The third-order valence-corrected chi connectivity index (χ3v) is 7.30. The number of rotatable bonds is 5. The first-order valence-corrected chi connectivity index (χ1v) is 12.2. The number of hydrogen-bond acceptors (Lipinski definition) is 7. The van der Waals surface area contributed by atoms with Crippen molar-refractivity contribution in [1.82, 2.24) is 24.4 Å². The number of piperazine rings is 1. The molecule has 34 heavy (non-hydrogen) atoms. The number of halogens is 2. The highest BCUT2D eigenvalue weighted by Gasteiger charge is 2.33. The van der Waals surface area contributed by atoms with Gasteiger partial charge in [-0.1, -0.05) is 12.1 Å². The third kappa shape index (κ3) is 4.37. The fraction of sp³-hybridized carbons (Fsp3) is 0.364. The van der Waals surface area contributed by atoms with Crippen LogP contribution in [0.1, 0.15) is 27.6 Å². The number of hydrogen-bond donors (Lipinski definition) is 0. The number of sulfone groups is 1. The maximum Gasteiger partial charge on any atom is 0.341 e. The van der Waals surface area contributed by atoms with E-state index in [-0.39, 0.29) is 18.7 Å². The highest BCUT2D eigenvalue weighted by atomic mass is 32.2. The number of nitrogens with zero attached hydrogens (tertiary/aromatic N) is 6. The summed E-state index contributed by atoms with van der Waals surface area (Å²) in [6.45, 7) is 7.11. The summed E-state index contributed by atoms with van der Waals surface area (Å²) in [5, 5.41) is 0. The molecular weight excluding hydrogens is 466 g/mol. The van der Waals surface area contributed by atoms with Crippen molar-refractivity contribution in [3.63, 3.8) is 0 Å². The first kappa shape index (κ1) is 23.7. The van der Waals surface area contributed by atoms with Gasteiger partial charge in [-0.25, -0.2) is 23.4 Å². The average molecular weight is 491 g/mol. The van der Waals surface area contributed by atoms with E-state index in [4.69, 9.17) is 0 Å². The Balaban J connectivity index is 1.53. The largest absolute Gasteiger partial charge is 0.353 e. The normalized spacial score (nSPS) is 14.6. The summed E-state index contributed by atoms with van der Waals surface area (Å²) in [5.41, 5.74) is 1.62. The molecule has 3 aromatic rings. The van der Waals surface area contributed by atoms with E-state index in [1.807, 2.05) is 29.4 Å². The molecule has 1 saturated heterocycles. The second-order valence-electron chi connectivity index (χ2n) is 8.00. The number of aryl methyl sites for hydroxylation is 2. The third-order valence-electron chi connectivity index (χ3n) is 5.86. The van der Waals surface area contributed by atoms with Crippen LogP contribution in [0.15, 0.2) is 41.6 Å². The fourth-order valence-electron chi connectivity index (χ4n) is 3.85. The zero-order chi connectivity index (χ0) is 24.6. The van der Waals surface area contributed by atoms with Gasteiger partial charge >= 0.3 is 5.76 Å². The van der Waals surface area contributed by atoms with Crippen molar-refractivity contribution in [2.45, 2.75) is 31.4 Å². The number of carbonyl (C=O) groups is 1. The molecule has 1 amide bonds. The van der Waals surface area contributed by atoms with E-state index in [9.17, 15) is 22.0 Å². The van der Waals surface area contributed by atoms with Crippen LogP contribution >= 0.6 is 0 Å². The van der Waals surface area contributed by atoms with E-state index in [0.29, 0.717) is 30.5 Å². The summed E-state index contributed by atoms with van der Waals surface area (Å²) in [4.78, 5) is 29.2. The number of amides is 1. The number of aromatic nitrogens is 4. The maximum absolute atomic E-state index is 13.1. The van der Waals surface area contributed by atoms with Gasteiger partial charge in [-0.15, -0.1) is 0 Å². The Bertz CT molecular complexity index is 1330. The van der Waals surface area contributed by atoms with E-state index in [1.165, 1.54) is 23.1 Å². The predicted octanol–water partition coefficient (Wildman–Crippen LogP) is 2.55. The van der Waals surface area contributed by atoms with Crippen molar-refractivity contribution in [2.75, 3.05) is 31.1 Å². The molecule has 180 valence electrons. The average Bonchev–Trinajstić information content (AvgIpc) is 3.16. The Morgan fingerprint density at radius 2 is 1.65 bits per heavy atom. The lowest BCUT2D eigenvalue weighted by atomic mass is 10.2. The molecule has 0 saturated carbocycles. The highest BCUT2D eigenvalue weighted by molar-refractivity contribution is 7.91. The lowest BCUT2D eigenvalue weighted by Crippen LogP contribution is -2.49. The standard InChI is InChI=1S/C22H24F2N6O3S/c1-14-15(2)30(13-25-14)20-12-19(26-16(3)27-20)28-8-10-29(11-9-28)21(31)17-6-4-5-7-18(17)34(32,33)22(23)24/h4-7,12-13,22H,8-11H2,1-3H3. The molecule has 0 N–H and O–H groups in total. The van der Waals surface area contributed by atoms with Gasteiger partial charge in [-0.2, -0.15) is 8.78 Å². The summed E-state index contributed by atoms with van der Waals surface area (Å²) < 4.78 is 52.1. The van der Waals surface area contributed by atoms with Gasteiger partial charge in [0.05, 0.1) is 16.2 Å². The van der Waals surface area contributed by atoms with Crippen molar-refractivity contribution >= 4 is 21.6 Å². The van der Waals surface area contributed by atoms with Crippen molar-refractivity contribution in [2.24, 2.45) is 0 Å². The summed E-state index contributed by atoms with van der Waals surface area (Å²) >= 11 is 0. The second kappa shape index (κ2) is 9.09. The Morgan fingerprint density at radius 1 is 1.00 bits per heavy atom. The van der Waals surface area contributed by atoms with Gasteiger partial charge < -0.3 is 9.80 Å². The zero-order valence-corrected chi connectivity index (χ0v) is 19.8. The van der Waals surface area contributed by atoms with Crippen LogP contribution in [0.2, 0.25) is 0 Å². The molecule has 1 aliphatic rings. The molecular formula is C22H24F2N6O3S. The minimum absolute atomic E-state index is 0.248. The first-order valence-electron chi connectivity index (χ1n) is 10.6. The van der Waals surface area contributed by atoms with Crippen molar-refractivity contribution in [1.29, 1.82) is 0 Å². The molecule has 4 rings (SSSR count). The van der Waals surface area contributed by atoms with Gasteiger partial charge in [0, 0.05) is 37.9 Å². The van der Waals surface area contributed by atoms with E-state index in [1.54, 1.807) is 13.3 Å². The lowest BCUT2D eigenvalue weighted by molar-refractivity contribution is 0.0742. The number of imidazole rings is 1. The second-order valence-corrected chi connectivity index (χ2v) is 9.88. The molecule has 0 aliphatic carbocycles. The summed E-state index contributed by atoms with van der Waals surface area (Å²) in [6, 6.07) is 6.93. The van der Waals surface area contributed by atoms with E-state index in [2.05, 4.69) is 15.0 Å². The van der Waals surface area contributed by atoms with Crippen LogP contribution in [0.25, 0.3) is 5.82 Å². The number of alkyl halides is 2. The van der Waals surface area contributed by atoms with Gasteiger partial charge in [-0.05, 0) is 32.9 Å². The lowest BCUT2D eigenvalue weighted by Gasteiger charge is -2.35. The first-order chi connectivity index (χ1) is 16.1. The molecule has 0 spiro atoms. The number of benzene rings is 1. The molecule has 0 radical (unpaired) electrons. The van der Waals surface area contributed by atoms with Gasteiger partial charge in [0.15, 0.2) is 0 Å². The topological polar surface area (TPSA) is 101 Å². The summed E-state index contributed by atoms with van der Waals surface area (Å²) in [7, 11) is -4.90. The minimum Gasteiger partial charge on any atom is -0.353 e. The number of anilines is 1. The van der Waals surface area contributed by atoms with Crippen molar-refractivity contribution in [3.05, 3.63) is 59.4 Å². The molecule has 1 aromatic carbocycles. The van der Waals surface area contributed by atoms with Crippen LogP contribution in [0.3, 0.4) is 0 Å². The maximum atomic E-state index is 13.1. The number of carbonyl (C=O) groups excluding carboxylic acids is 1. The highest BCUT2D eigenvalue weighted by Crippen LogP contribution is 2.25.